The standard InChI is InChI=1S/C30H30BrClN2O5.C29H25ClFN5O3.C28H27ClN2O5/c1-2-30(16-35,17-36)18-38-22-8-3-19(4-9-22)28-27-24(25-15-20(31)5-12-26(25)33-27)13-14-34(28)29(37)39-23-10-6-21(32)7-11-23;30-20-4-11-26-25(18-20)24-12-15-36(29(37)39-23-9-5-21(31)6-10-23)28(27(24)33-26)19-2-7-22(8-3-19)38-17-1-14-35-16-13-32-34-35;1-17-2-7-22(8-3-17)36-28(34)31-13-12-23-24-14-19(29)6-11-25(24)30-26(23)27(31)18-4-9-21(10-5-18)35-16-20(33)15-32/h3-12,15,28,33,35-36H,2,13-14,16-18H2,1H3;2-11,13,16,18,28,33H,1,12,14-15,17H2;2-11,14,20,27,30,32-33H,12-13,15-16H2,1H3/t;28-;20-,27+/m.01/s1. The number of nitrogens with zero attached hydrogens (tertiary/aromatic N) is 6. The van der Waals surface area contributed by atoms with Crippen LogP contribution in [0.4, 0.5) is 18.8 Å². The highest BCUT2D eigenvalue weighted by atomic mass is 79.9. The van der Waals surface area contributed by atoms with E-state index in [1.54, 1.807) is 74.1 Å². The highest BCUT2D eigenvalue weighted by Crippen LogP contribution is 2.44. The number of fused-ring (bicyclic) bond motifs is 9. The number of rotatable bonds is 21. The quantitative estimate of drug-likeness (QED) is 0.0330. The maximum Gasteiger partial charge on any atom is 0.416 e. The molecule has 0 aliphatic carbocycles. The molecule has 0 spiro atoms. The number of hydrogen-bond donors (Lipinski definition) is 7. The van der Waals surface area contributed by atoms with Crippen molar-refractivity contribution in [3.63, 3.8) is 0 Å². The molecule has 3 amide bonds. The number of carbonyl (C=O) groups is 3. The summed E-state index contributed by atoms with van der Waals surface area (Å²) in [5, 5.41) is 50.9. The molecule has 7 N–H and O–H groups in total. The summed E-state index contributed by atoms with van der Waals surface area (Å²) in [6.45, 7) is 6.03. The zero-order valence-electron chi connectivity index (χ0n) is 62.2. The number of aliphatic hydroxyl groups excluding tert-OH is 4. The number of aromatic nitrogens is 6. The summed E-state index contributed by atoms with van der Waals surface area (Å²) in [6, 6.07) is 58.6. The third-order valence-electron chi connectivity index (χ3n) is 20.7. The molecule has 3 aliphatic heterocycles. The number of carbonyl (C=O) groups excluding carboxylic acids is 3. The van der Waals surface area contributed by atoms with Crippen LogP contribution in [0.2, 0.25) is 15.1 Å². The van der Waals surface area contributed by atoms with Gasteiger partial charge in [0.25, 0.3) is 0 Å². The Labute approximate surface area is 679 Å². The van der Waals surface area contributed by atoms with Crippen molar-refractivity contribution in [3.05, 3.63) is 294 Å². The number of hydrogen-bond acceptors (Lipinski definition) is 15. The number of benzene rings is 9. The largest absolute Gasteiger partial charge is 0.494 e. The van der Waals surface area contributed by atoms with Gasteiger partial charge in [-0.25, -0.2) is 18.8 Å². The van der Waals surface area contributed by atoms with Crippen LogP contribution in [0.1, 0.15) is 93.9 Å². The van der Waals surface area contributed by atoms with Crippen molar-refractivity contribution in [2.75, 3.05) is 59.3 Å². The molecule has 588 valence electrons. The van der Waals surface area contributed by atoms with Gasteiger partial charge in [-0.1, -0.05) is 117 Å². The van der Waals surface area contributed by atoms with Crippen LogP contribution in [-0.2, 0) is 25.8 Å². The molecule has 1 unspecified atom stereocenters. The maximum absolute atomic E-state index is 13.5. The normalized spacial score (nSPS) is 15.4. The van der Waals surface area contributed by atoms with Gasteiger partial charge in [-0.3, -0.25) is 19.4 Å². The van der Waals surface area contributed by atoms with E-state index < -0.39 is 53.7 Å². The number of aliphatic hydroxyl groups is 4. The predicted molar refractivity (Wildman–Crippen MR) is 437 cm³/mol. The lowest BCUT2D eigenvalue weighted by atomic mass is 9.88. The lowest BCUT2D eigenvalue weighted by Gasteiger charge is -2.35. The Morgan fingerprint density at radius 1 is 0.535 bits per heavy atom. The van der Waals surface area contributed by atoms with Crippen LogP contribution in [0.15, 0.2) is 217 Å². The van der Waals surface area contributed by atoms with Crippen LogP contribution in [-0.4, -0.2) is 149 Å². The minimum atomic E-state index is -0.948. The SMILES string of the molecule is CCC(CO)(CO)COc1ccc(C2c3[nH]c4ccc(Br)cc4c3CCN2C(=O)Oc2ccc(Cl)cc2)cc1.Cc1ccc(OC(=O)N2CCc3c([nH]c4ccc(Cl)cc34)[C@@H]2c2ccc(OC[C@H](O)CO)cc2)cc1.O=C(Oc1ccc(F)cc1)N1CCc2c([nH]c3ccc(Cl)cc23)[C@@H]1c1ccc(OCCCn2ccnn2)cc1. The molecule has 27 heteroatoms. The predicted octanol–water partition coefficient (Wildman–Crippen LogP) is 17.7. The molecule has 13 aromatic rings. The second kappa shape index (κ2) is 36.0. The molecule has 0 fully saturated rings. The fraction of sp³-hybridized carbons (Fsp3) is 0.253. The summed E-state index contributed by atoms with van der Waals surface area (Å²) in [7, 11) is 0. The van der Waals surface area contributed by atoms with E-state index >= 15 is 0 Å². The molecule has 16 rings (SSSR count). The highest BCUT2D eigenvalue weighted by Gasteiger charge is 2.40. The van der Waals surface area contributed by atoms with Crippen LogP contribution in [0.5, 0.6) is 34.5 Å². The van der Waals surface area contributed by atoms with Crippen molar-refractivity contribution in [2.24, 2.45) is 5.41 Å². The second-order valence-corrected chi connectivity index (χ2v) is 30.4. The summed E-state index contributed by atoms with van der Waals surface area (Å²) in [4.78, 5) is 56.0. The van der Waals surface area contributed by atoms with Crippen molar-refractivity contribution < 1.29 is 67.6 Å². The first-order valence-electron chi connectivity index (χ1n) is 37.3. The van der Waals surface area contributed by atoms with E-state index in [4.69, 9.17) is 68.3 Å². The zero-order valence-corrected chi connectivity index (χ0v) is 66.0. The van der Waals surface area contributed by atoms with Crippen molar-refractivity contribution in [3.8, 4) is 34.5 Å². The number of aromatic amines is 3. The molecule has 0 saturated heterocycles. The molecular formula is C87H82BrCl3FN9O13. The van der Waals surface area contributed by atoms with E-state index in [0.29, 0.717) is 90.0 Å². The van der Waals surface area contributed by atoms with Crippen LogP contribution in [0, 0.1) is 18.2 Å². The molecule has 22 nitrogen and oxygen atoms in total. The van der Waals surface area contributed by atoms with E-state index in [1.807, 2.05) is 141 Å². The Morgan fingerprint density at radius 3 is 1.37 bits per heavy atom. The summed E-state index contributed by atoms with van der Waals surface area (Å²) in [5.41, 5.74) is 12.2. The van der Waals surface area contributed by atoms with Gasteiger partial charge in [0.1, 0.15) is 71.2 Å². The van der Waals surface area contributed by atoms with Crippen molar-refractivity contribution in [1.29, 1.82) is 0 Å². The third kappa shape index (κ3) is 18.3. The van der Waals surface area contributed by atoms with Gasteiger partial charge in [0.2, 0.25) is 0 Å². The monoisotopic (exact) mass is 1660 g/mol. The Bertz CT molecular complexity index is 5470. The first-order valence-corrected chi connectivity index (χ1v) is 39.2. The van der Waals surface area contributed by atoms with Gasteiger partial charge in [0.05, 0.1) is 44.6 Å². The first-order chi connectivity index (χ1) is 55.3. The van der Waals surface area contributed by atoms with E-state index in [1.165, 1.54) is 29.8 Å². The smallest absolute Gasteiger partial charge is 0.416 e. The van der Waals surface area contributed by atoms with Crippen molar-refractivity contribution >= 4 is 102 Å². The van der Waals surface area contributed by atoms with E-state index in [0.717, 1.165) is 106 Å². The lowest BCUT2D eigenvalue weighted by molar-refractivity contribution is 0.0114. The van der Waals surface area contributed by atoms with Crippen LogP contribution >= 0.6 is 50.7 Å². The van der Waals surface area contributed by atoms with Crippen molar-refractivity contribution in [2.45, 2.75) is 76.7 Å². The topological polar surface area (TPSA) is 275 Å². The molecule has 4 aromatic heterocycles. The number of halogens is 5. The molecule has 4 atom stereocenters. The summed E-state index contributed by atoms with van der Waals surface area (Å²) >= 11 is 22.2. The van der Waals surface area contributed by atoms with Gasteiger partial charge in [-0.2, -0.15) is 0 Å². The minimum absolute atomic E-state index is 0.0127. The Kier molecular flexibility index (Phi) is 25.2. The minimum Gasteiger partial charge on any atom is -0.494 e. The van der Waals surface area contributed by atoms with Gasteiger partial charge in [0, 0.05) is 108 Å². The average molecular weight is 1670 g/mol. The van der Waals surface area contributed by atoms with Gasteiger partial charge in [-0.05, 0) is 218 Å². The second-order valence-electron chi connectivity index (χ2n) is 28.2. The first kappa shape index (κ1) is 79.7. The van der Waals surface area contributed by atoms with Crippen molar-refractivity contribution in [1.82, 2.24) is 44.6 Å². The summed E-state index contributed by atoms with van der Waals surface area (Å²) < 4.78 is 50.7. The van der Waals surface area contributed by atoms with Gasteiger partial charge >= 0.3 is 18.3 Å². The van der Waals surface area contributed by atoms with Crippen LogP contribution in [0.3, 0.4) is 0 Å². The van der Waals surface area contributed by atoms with Gasteiger partial charge < -0.3 is 63.8 Å². The molecule has 9 aromatic carbocycles. The fourth-order valence-corrected chi connectivity index (χ4v) is 15.3. The number of H-pyrrole nitrogens is 3. The van der Waals surface area contributed by atoms with Gasteiger partial charge in [0.15, 0.2) is 0 Å². The molecule has 3 aliphatic rings. The molecule has 0 radical (unpaired) electrons. The van der Waals surface area contributed by atoms with E-state index in [-0.39, 0.29) is 38.8 Å². The number of aryl methyl sites for hydroxylation is 2. The number of amides is 3. The molecular weight excluding hydrogens is 1580 g/mol. The highest BCUT2D eigenvalue weighted by molar-refractivity contribution is 9.10. The van der Waals surface area contributed by atoms with Gasteiger partial charge in [-0.15, -0.1) is 5.10 Å². The summed E-state index contributed by atoms with van der Waals surface area (Å²) in [5.74, 6) is 2.70. The Balaban J connectivity index is 0.000000142. The fourth-order valence-electron chi connectivity index (χ4n) is 14.5. The Hall–Kier alpha value is -10.9. The molecule has 0 saturated carbocycles. The van der Waals surface area contributed by atoms with E-state index in [9.17, 15) is 34.1 Å². The zero-order chi connectivity index (χ0) is 79.6. The maximum atomic E-state index is 13.5. The average Bonchev–Trinajstić information content (AvgIpc) is 1.60. The lowest BCUT2D eigenvalue weighted by Crippen LogP contribution is -2.42. The molecule has 0 bridgehead atoms. The summed E-state index contributed by atoms with van der Waals surface area (Å²) in [6.07, 6.45) is 4.48. The van der Waals surface area contributed by atoms with E-state index in [2.05, 4.69) is 47.3 Å². The third-order valence-corrected chi connectivity index (χ3v) is 21.9. The van der Waals surface area contributed by atoms with Crippen LogP contribution < -0.4 is 28.4 Å². The number of ether oxygens (including phenoxy) is 6. The Morgan fingerprint density at radius 2 is 0.939 bits per heavy atom. The number of nitrogens with one attached hydrogen (secondary N) is 3. The molecule has 114 heavy (non-hydrogen) atoms. The molecule has 7 heterocycles. The van der Waals surface area contributed by atoms with Crippen LogP contribution in [0.25, 0.3) is 32.7 Å².